The summed E-state index contributed by atoms with van der Waals surface area (Å²) in [6, 6.07) is 5.62. The third-order valence-corrected chi connectivity index (χ3v) is 9.76. The zero-order valence-electron chi connectivity index (χ0n) is 32.1. The summed E-state index contributed by atoms with van der Waals surface area (Å²) in [7, 11) is 2.56. The van der Waals surface area contributed by atoms with Gasteiger partial charge in [0.1, 0.15) is 35.1 Å². The lowest BCUT2D eigenvalue weighted by molar-refractivity contribution is -0.136. The molecule has 2 fully saturated rings. The smallest absolute Gasteiger partial charge is 0.407 e. The average Bonchev–Trinajstić information content (AvgIpc) is 3.97. The van der Waals surface area contributed by atoms with Crippen LogP contribution in [-0.4, -0.2) is 93.1 Å². The second-order valence-electron chi connectivity index (χ2n) is 14.9. The van der Waals surface area contributed by atoms with E-state index in [0.29, 0.717) is 36.1 Å². The molecule has 0 unspecified atom stereocenters. The molecular weight excluding hydrogens is 688 g/mol. The van der Waals surface area contributed by atoms with Crippen LogP contribution in [0, 0.1) is 47.4 Å². The van der Waals surface area contributed by atoms with Crippen molar-refractivity contribution in [1.82, 2.24) is 40.4 Å². The average molecular weight is 739 g/mol. The third-order valence-electron chi connectivity index (χ3n) is 9.76. The number of alkyl carbamates (subject to hydrolysis) is 2. The zero-order chi connectivity index (χ0) is 39.1. The monoisotopic (exact) mass is 738 g/mol. The van der Waals surface area contributed by atoms with Crippen LogP contribution in [-0.2, 0) is 19.1 Å². The molecule has 3 aromatic rings. The number of likely N-dealkylation sites (tertiary alicyclic amines) is 2. The molecule has 54 heavy (non-hydrogen) atoms. The molecule has 6 atom stereocenters. The Morgan fingerprint density at radius 3 is 1.39 bits per heavy atom. The number of imidazole rings is 2. The summed E-state index contributed by atoms with van der Waals surface area (Å²) >= 11 is 0. The van der Waals surface area contributed by atoms with Crippen LogP contribution >= 0.6 is 0 Å². The first kappa shape index (κ1) is 39.4. The Labute approximate surface area is 316 Å². The highest BCUT2D eigenvalue weighted by atomic mass is 16.5. The Balaban J connectivity index is 1.23. The molecule has 4 heterocycles. The van der Waals surface area contributed by atoms with E-state index in [4.69, 9.17) is 9.47 Å². The van der Waals surface area contributed by atoms with Crippen LogP contribution in [0.4, 0.5) is 9.59 Å². The van der Waals surface area contributed by atoms with E-state index in [1.807, 2.05) is 52.0 Å². The minimum absolute atomic E-state index is 0.125. The molecule has 1 aromatic carbocycles. The lowest BCUT2D eigenvalue weighted by Crippen LogP contribution is -2.51. The highest BCUT2D eigenvalue weighted by Crippen LogP contribution is 2.36. The molecule has 2 aliphatic rings. The molecular formula is C40H50N8O6. The van der Waals surface area contributed by atoms with Gasteiger partial charge in [0.2, 0.25) is 11.8 Å². The van der Waals surface area contributed by atoms with E-state index in [0.717, 1.165) is 24.0 Å². The molecule has 4 N–H and O–H groups in total. The summed E-state index contributed by atoms with van der Waals surface area (Å²) in [5, 5.41) is 5.36. The van der Waals surface area contributed by atoms with Crippen molar-refractivity contribution < 1.29 is 28.7 Å². The standard InChI is InChI=1S/C40H50N8O6/c1-23(2)33(45-39(51)53-7)37(49)47-21-25(5)17-31(47)35-41-19-29(43-35)15-13-27-9-11-28(12-10-27)14-16-30-20-42-36(44-30)32-18-26(6)22-48(32)38(50)34(24(3)4)46-40(52)54-8/h9-12,19-20,23-26,31-34H,17-18,21-22H2,1-8H3,(H,41,43)(H,42,44)(H,45,51)(H,46,52)/t25-,26-,31-,32-,33+,34+/m0/s1. The minimum atomic E-state index is -0.713. The van der Waals surface area contributed by atoms with Crippen LogP contribution in [0.25, 0.3) is 0 Å². The maximum absolute atomic E-state index is 13.6. The van der Waals surface area contributed by atoms with Crippen LogP contribution in [0.3, 0.4) is 0 Å². The number of amides is 4. The molecule has 2 aliphatic heterocycles. The van der Waals surface area contributed by atoms with Gasteiger partial charge in [-0.15, -0.1) is 0 Å². The molecule has 2 saturated heterocycles. The van der Waals surface area contributed by atoms with E-state index in [1.165, 1.54) is 14.2 Å². The molecule has 0 saturated carbocycles. The number of rotatable bonds is 8. The van der Waals surface area contributed by atoms with E-state index in [2.05, 4.69) is 68.1 Å². The van der Waals surface area contributed by atoms with Crippen molar-refractivity contribution >= 4 is 24.0 Å². The number of methoxy groups -OCH3 is 2. The first-order valence-corrected chi connectivity index (χ1v) is 18.3. The normalized spacial score (nSPS) is 20.4. The van der Waals surface area contributed by atoms with E-state index < -0.39 is 24.3 Å². The van der Waals surface area contributed by atoms with Gasteiger partial charge in [0, 0.05) is 24.2 Å². The van der Waals surface area contributed by atoms with Crippen LogP contribution in [0.5, 0.6) is 0 Å². The fraction of sp³-hybridized carbons (Fsp3) is 0.500. The molecule has 0 spiro atoms. The summed E-state index contributed by atoms with van der Waals surface area (Å²) < 4.78 is 9.49. The van der Waals surface area contributed by atoms with Gasteiger partial charge in [-0.2, -0.15) is 0 Å². The number of aromatic nitrogens is 4. The predicted molar refractivity (Wildman–Crippen MR) is 200 cm³/mol. The molecule has 286 valence electrons. The number of carbonyl (C=O) groups is 4. The number of ether oxygens (including phenoxy) is 2. The second kappa shape index (κ2) is 17.4. The van der Waals surface area contributed by atoms with Gasteiger partial charge in [0.15, 0.2) is 0 Å². The summed E-state index contributed by atoms with van der Waals surface area (Å²) in [4.78, 5) is 70.3. The Hall–Kier alpha value is -5.76. The fourth-order valence-corrected chi connectivity index (χ4v) is 6.91. The molecule has 2 aromatic heterocycles. The van der Waals surface area contributed by atoms with Gasteiger partial charge in [-0.3, -0.25) is 9.59 Å². The predicted octanol–water partition coefficient (Wildman–Crippen LogP) is 4.51. The summed E-state index contributed by atoms with van der Waals surface area (Å²) in [6.07, 6.45) is 3.54. The number of nitrogens with one attached hydrogen (secondary N) is 4. The lowest BCUT2D eigenvalue weighted by Gasteiger charge is -2.30. The van der Waals surface area contributed by atoms with Crippen molar-refractivity contribution in [2.24, 2.45) is 23.7 Å². The number of nitrogens with zero attached hydrogens (tertiary/aromatic N) is 4. The molecule has 0 aliphatic carbocycles. The van der Waals surface area contributed by atoms with E-state index in [-0.39, 0.29) is 47.6 Å². The van der Waals surface area contributed by atoms with Crippen molar-refractivity contribution in [1.29, 1.82) is 0 Å². The van der Waals surface area contributed by atoms with Gasteiger partial charge in [-0.05, 0) is 72.6 Å². The number of aromatic amines is 2. The Bertz CT molecular complexity index is 1810. The van der Waals surface area contributed by atoms with Gasteiger partial charge in [-0.1, -0.05) is 53.4 Å². The number of carbonyl (C=O) groups excluding carboxylic acids is 4. The highest BCUT2D eigenvalue weighted by molar-refractivity contribution is 5.87. The highest BCUT2D eigenvalue weighted by Gasteiger charge is 2.41. The largest absolute Gasteiger partial charge is 0.453 e. The molecule has 0 radical (unpaired) electrons. The molecule has 5 rings (SSSR count). The SMILES string of the molecule is COC(=O)N[C@@H](C(=O)N1C[C@@H](C)C[C@H]1c1ncc(C#Cc2ccc(C#Cc3cnc([C@@H]4C[C@H](C)CN4C(=O)[C@H](NC(=O)OC)C(C)C)[nH]3)cc2)[nH]1)C(C)C. The van der Waals surface area contributed by atoms with Crippen molar-refractivity contribution in [3.05, 3.63) is 70.8 Å². The van der Waals surface area contributed by atoms with E-state index >= 15 is 0 Å². The van der Waals surface area contributed by atoms with Crippen LogP contribution < -0.4 is 10.6 Å². The van der Waals surface area contributed by atoms with Crippen molar-refractivity contribution in [3.63, 3.8) is 0 Å². The van der Waals surface area contributed by atoms with Crippen molar-refractivity contribution in [2.45, 2.75) is 78.6 Å². The Morgan fingerprint density at radius 2 is 1.06 bits per heavy atom. The second-order valence-corrected chi connectivity index (χ2v) is 14.9. The first-order chi connectivity index (χ1) is 25.8. The third kappa shape index (κ3) is 9.42. The quantitative estimate of drug-likeness (QED) is 0.244. The number of hydrogen-bond acceptors (Lipinski definition) is 8. The Kier molecular flexibility index (Phi) is 12.7. The zero-order valence-corrected chi connectivity index (χ0v) is 32.1. The lowest BCUT2D eigenvalue weighted by atomic mass is 10.0. The Morgan fingerprint density at radius 1 is 0.685 bits per heavy atom. The number of benzene rings is 1. The van der Waals surface area contributed by atoms with Crippen LogP contribution in [0.1, 0.15) is 101 Å². The van der Waals surface area contributed by atoms with Gasteiger partial charge in [0.05, 0.1) is 38.7 Å². The van der Waals surface area contributed by atoms with Crippen LogP contribution in [0.2, 0.25) is 0 Å². The molecule has 14 nitrogen and oxygen atoms in total. The maximum atomic E-state index is 13.6. The van der Waals surface area contributed by atoms with Gasteiger partial charge in [0.25, 0.3) is 0 Å². The summed E-state index contributed by atoms with van der Waals surface area (Å²) in [5.74, 6) is 13.8. The number of hydrogen-bond donors (Lipinski definition) is 4. The molecule has 14 heteroatoms. The molecule has 0 bridgehead atoms. The topological polar surface area (TPSA) is 175 Å². The van der Waals surface area contributed by atoms with E-state index in [9.17, 15) is 19.2 Å². The van der Waals surface area contributed by atoms with Crippen molar-refractivity contribution in [3.8, 4) is 23.7 Å². The minimum Gasteiger partial charge on any atom is -0.453 e. The van der Waals surface area contributed by atoms with Gasteiger partial charge < -0.3 is 39.9 Å². The summed E-state index contributed by atoms with van der Waals surface area (Å²) in [6.45, 7) is 12.8. The van der Waals surface area contributed by atoms with Gasteiger partial charge in [-0.25, -0.2) is 19.6 Å². The van der Waals surface area contributed by atoms with Gasteiger partial charge >= 0.3 is 12.2 Å². The maximum Gasteiger partial charge on any atom is 0.407 e. The van der Waals surface area contributed by atoms with Crippen molar-refractivity contribution in [2.75, 3.05) is 27.3 Å². The summed E-state index contributed by atoms with van der Waals surface area (Å²) in [5.41, 5.74) is 2.84. The van der Waals surface area contributed by atoms with E-state index in [1.54, 1.807) is 22.2 Å². The first-order valence-electron chi connectivity index (χ1n) is 18.3. The number of H-pyrrole nitrogens is 2. The van der Waals surface area contributed by atoms with Crippen LogP contribution in [0.15, 0.2) is 36.7 Å². The fourth-order valence-electron chi connectivity index (χ4n) is 6.91. The molecule has 4 amide bonds.